The Morgan fingerprint density at radius 2 is 2.06 bits per heavy atom. The molecule has 0 bridgehead atoms. The quantitative estimate of drug-likeness (QED) is 0.800. The first-order valence-electron chi connectivity index (χ1n) is 5.51. The van der Waals surface area contributed by atoms with Crippen molar-refractivity contribution in [3.05, 3.63) is 22.7 Å². The number of aliphatic hydroxyl groups excluding tert-OH is 1. The van der Waals surface area contributed by atoms with Crippen LogP contribution in [0.1, 0.15) is 12.5 Å². The van der Waals surface area contributed by atoms with Gasteiger partial charge in [0.15, 0.2) is 0 Å². The number of benzene rings is 1. The van der Waals surface area contributed by atoms with Gasteiger partial charge in [0, 0.05) is 23.8 Å². The minimum Gasteiger partial charge on any atom is -0.398 e. The zero-order chi connectivity index (χ0) is 13.9. The Hall–Kier alpha value is -0.820. The minimum absolute atomic E-state index is 0.0463. The number of likely N-dealkylation sites (N-methyl/N-ethyl adjacent to an activating group) is 1. The van der Waals surface area contributed by atoms with Gasteiger partial charge in [0.25, 0.3) is 0 Å². The number of rotatable bonds is 5. The van der Waals surface area contributed by atoms with E-state index in [0.717, 1.165) is 0 Å². The number of nitrogens with two attached hydrogens (primary N) is 1. The van der Waals surface area contributed by atoms with Gasteiger partial charge < -0.3 is 10.8 Å². The lowest BCUT2D eigenvalue weighted by molar-refractivity contribution is 0.257. The largest absolute Gasteiger partial charge is 0.398 e. The molecule has 0 saturated heterocycles. The summed E-state index contributed by atoms with van der Waals surface area (Å²) in [6, 6.07) is 2.89. The van der Waals surface area contributed by atoms with Crippen LogP contribution >= 0.6 is 11.6 Å². The van der Waals surface area contributed by atoms with Gasteiger partial charge in [0.2, 0.25) is 10.0 Å². The number of anilines is 1. The van der Waals surface area contributed by atoms with E-state index in [4.69, 9.17) is 22.4 Å². The summed E-state index contributed by atoms with van der Waals surface area (Å²) in [5, 5.41) is 9.17. The van der Waals surface area contributed by atoms with E-state index >= 15 is 0 Å². The maximum Gasteiger partial charge on any atom is 0.243 e. The van der Waals surface area contributed by atoms with Crippen LogP contribution in [0.2, 0.25) is 5.02 Å². The molecule has 0 aliphatic carbocycles. The molecule has 0 atom stereocenters. The van der Waals surface area contributed by atoms with E-state index < -0.39 is 10.0 Å². The Bertz CT molecular complexity index is 531. The number of hydrogen-bond donors (Lipinski definition) is 2. The van der Waals surface area contributed by atoms with Gasteiger partial charge in [-0.2, -0.15) is 4.31 Å². The van der Waals surface area contributed by atoms with Crippen LogP contribution in [0.3, 0.4) is 0 Å². The number of halogens is 1. The third-order valence-electron chi connectivity index (χ3n) is 2.68. The van der Waals surface area contributed by atoms with E-state index in [2.05, 4.69) is 0 Å². The van der Waals surface area contributed by atoms with Crippen LogP contribution in [0, 0.1) is 6.92 Å². The lowest BCUT2D eigenvalue weighted by atomic mass is 10.2. The maximum absolute atomic E-state index is 12.4. The van der Waals surface area contributed by atoms with Gasteiger partial charge in [-0.25, -0.2) is 8.42 Å². The van der Waals surface area contributed by atoms with Crippen molar-refractivity contribution in [3.63, 3.8) is 0 Å². The summed E-state index contributed by atoms with van der Waals surface area (Å²) in [7, 11) is -3.68. The summed E-state index contributed by atoms with van der Waals surface area (Å²) in [5.74, 6) is 0. The maximum atomic E-state index is 12.4. The SMILES string of the molecule is CCN(CCO)S(=O)(=O)c1cc(Cl)cc(N)c1C. The molecule has 3 N–H and O–H groups in total. The number of sulfonamides is 1. The number of hydrogen-bond acceptors (Lipinski definition) is 4. The molecule has 0 aliphatic rings. The van der Waals surface area contributed by atoms with Gasteiger partial charge in [0.05, 0.1) is 11.5 Å². The normalized spacial score (nSPS) is 12.1. The highest BCUT2D eigenvalue weighted by atomic mass is 35.5. The molecule has 0 heterocycles. The van der Waals surface area contributed by atoms with Gasteiger partial charge in [-0.3, -0.25) is 0 Å². The highest BCUT2D eigenvalue weighted by Crippen LogP contribution is 2.28. The van der Waals surface area contributed by atoms with E-state index in [0.29, 0.717) is 11.3 Å². The third-order valence-corrected chi connectivity index (χ3v) is 5.00. The standard InChI is InChI=1S/C11H17ClN2O3S/c1-3-14(4-5-15)18(16,17)11-7-9(12)6-10(13)8(11)2/h6-7,15H,3-5,13H2,1-2H3. The average molecular weight is 293 g/mol. The molecule has 0 spiro atoms. The zero-order valence-corrected chi connectivity index (χ0v) is 11.9. The van der Waals surface area contributed by atoms with E-state index in [1.165, 1.54) is 16.4 Å². The van der Waals surface area contributed by atoms with Crippen LogP contribution in [0.25, 0.3) is 0 Å². The lowest BCUT2D eigenvalue weighted by Crippen LogP contribution is -2.33. The van der Waals surface area contributed by atoms with Crippen molar-refractivity contribution in [2.24, 2.45) is 0 Å². The Kier molecular flexibility index (Phi) is 4.98. The molecule has 0 saturated carbocycles. The van der Waals surface area contributed by atoms with Crippen LogP contribution in [0.15, 0.2) is 17.0 Å². The molecule has 0 aliphatic heterocycles. The van der Waals surface area contributed by atoms with Crippen LogP contribution < -0.4 is 5.73 Å². The molecule has 0 unspecified atom stereocenters. The summed E-state index contributed by atoms with van der Waals surface area (Å²) >= 11 is 5.84. The zero-order valence-electron chi connectivity index (χ0n) is 10.4. The monoisotopic (exact) mass is 292 g/mol. The number of nitrogens with zero attached hydrogens (tertiary/aromatic N) is 1. The second-order valence-corrected chi connectivity index (χ2v) is 6.18. The van der Waals surface area contributed by atoms with E-state index in [1.807, 2.05) is 0 Å². The predicted molar refractivity (Wildman–Crippen MR) is 72.1 cm³/mol. The second kappa shape index (κ2) is 5.88. The summed E-state index contributed by atoms with van der Waals surface area (Å²) in [6.45, 7) is 3.42. The van der Waals surface area contributed by atoms with E-state index in [1.54, 1.807) is 13.8 Å². The van der Waals surface area contributed by atoms with Crippen molar-refractivity contribution in [2.45, 2.75) is 18.7 Å². The summed E-state index contributed by atoms with van der Waals surface area (Å²) < 4.78 is 25.9. The predicted octanol–water partition coefficient (Wildman–Crippen LogP) is 1.23. The molecular formula is C11H17ClN2O3S. The Balaban J connectivity index is 3.36. The summed E-state index contributed by atoms with van der Waals surface area (Å²) in [5.41, 5.74) is 6.52. The Morgan fingerprint density at radius 1 is 1.44 bits per heavy atom. The molecule has 1 aromatic rings. The van der Waals surface area contributed by atoms with E-state index in [-0.39, 0.29) is 29.6 Å². The highest BCUT2D eigenvalue weighted by Gasteiger charge is 2.25. The van der Waals surface area contributed by atoms with Gasteiger partial charge in [-0.05, 0) is 24.6 Å². The first-order chi connectivity index (χ1) is 8.34. The first-order valence-corrected chi connectivity index (χ1v) is 7.33. The van der Waals surface area contributed by atoms with Crippen molar-refractivity contribution < 1.29 is 13.5 Å². The van der Waals surface area contributed by atoms with Crippen LogP contribution in [0.4, 0.5) is 5.69 Å². The van der Waals surface area contributed by atoms with E-state index in [9.17, 15) is 8.42 Å². The highest BCUT2D eigenvalue weighted by molar-refractivity contribution is 7.89. The lowest BCUT2D eigenvalue weighted by Gasteiger charge is -2.21. The summed E-state index contributed by atoms with van der Waals surface area (Å²) in [4.78, 5) is 0.0859. The fourth-order valence-electron chi connectivity index (χ4n) is 1.64. The molecule has 1 aromatic carbocycles. The Labute approximate surface area is 112 Å². The molecule has 7 heteroatoms. The number of aliphatic hydroxyl groups is 1. The van der Waals surface area contributed by atoms with Crippen molar-refractivity contribution in [3.8, 4) is 0 Å². The van der Waals surface area contributed by atoms with Crippen molar-refractivity contribution >= 4 is 27.3 Å². The molecule has 0 fully saturated rings. The van der Waals surface area contributed by atoms with Gasteiger partial charge in [0.1, 0.15) is 0 Å². The van der Waals surface area contributed by atoms with Gasteiger partial charge >= 0.3 is 0 Å². The topological polar surface area (TPSA) is 83.6 Å². The van der Waals surface area contributed by atoms with Crippen LogP contribution in [-0.4, -0.2) is 37.5 Å². The fraction of sp³-hybridized carbons (Fsp3) is 0.455. The molecule has 0 radical (unpaired) electrons. The van der Waals surface area contributed by atoms with Gasteiger partial charge in [-0.1, -0.05) is 18.5 Å². The molecule has 1 rings (SSSR count). The second-order valence-electron chi connectivity index (χ2n) is 3.84. The average Bonchev–Trinajstić information content (AvgIpc) is 2.30. The molecule has 0 amide bonds. The molecular weight excluding hydrogens is 276 g/mol. The van der Waals surface area contributed by atoms with Crippen molar-refractivity contribution in [2.75, 3.05) is 25.4 Å². The molecule has 18 heavy (non-hydrogen) atoms. The smallest absolute Gasteiger partial charge is 0.243 e. The molecule has 0 aromatic heterocycles. The van der Waals surface area contributed by atoms with Gasteiger partial charge in [-0.15, -0.1) is 0 Å². The first kappa shape index (κ1) is 15.2. The van der Waals surface area contributed by atoms with Crippen LogP contribution in [-0.2, 0) is 10.0 Å². The third kappa shape index (κ3) is 2.95. The number of nitrogen functional groups attached to an aromatic ring is 1. The molecule has 102 valence electrons. The van der Waals surface area contributed by atoms with Crippen LogP contribution in [0.5, 0.6) is 0 Å². The summed E-state index contributed by atoms with van der Waals surface area (Å²) in [6.07, 6.45) is 0. The fourth-order valence-corrected chi connectivity index (χ4v) is 3.65. The van der Waals surface area contributed by atoms with Crippen molar-refractivity contribution in [1.29, 1.82) is 0 Å². The van der Waals surface area contributed by atoms with Crippen molar-refractivity contribution in [1.82, 2.24) is 4.31 Å². The minimum atomic E-state index is -3.68. The molecule has 5 nitrogen and oxygen atoms in total. The Morgan fingerprint density at radius 3 is 2.56 bits per heavy atom.